The van der Waals surface area contributed by atoms with E-state index in [1.54, 1.807) is 11.3 Å². The summed E-state index contributed by atoms with van der Waals surface area (Å²) < 4.78 is 0.628. The van der Waals surface area contributed by atoms with Crippen molar-refractivity contribution in [1.29, 1.82) is 0 Å². The maximum Gasteiger partial charge on any atom is 0.183 e. The average Bonchev–Trinajstić information content (AvgIpc) is 2.76. The lowest BCUT2D eigenvalue weighted by atomic mass is 10.2. The molecule has 2 rings (SSSR count). The Labute approximate surface area is 105 Å². The van der Waals surface area contributed by atoms with Crippen molar-refractivity contribution in [2.45, 2.75) is 25.4 Å². The standard InChI is InChI=1S/C9H14ClN3S.ClH/c10-9-12-5-8(14-9)6-13-3-1-2-7(13)4-11;/h5,7H,1-4,6,11H2;1H. The molecule has 0 aromatic carbocycles. The van der Waals surface area contributed by atoms with Gasteiger partial charge in [0.1, 0.15) is 0 Å². The highest BCUT2D eigenvalue weighted by Gasteiger charge is 2.23. The zero-order valence-electron chi connectivity index (χ0n) is 8.36. The number of likely N-dealkylation sites (tertiary alicyclic amines) is 1. The molecular formula is C9H15Cl2N3S. The molecule has 2 heterocycles. The molecule has 0 aliphatic carbocycles. The molecule has 1 saturated heterocycles. The number of rotatable bonds is 3. The van der Waals surface area contributed by atoms with Gasteiger partial charge < -0.3 is 5.73 Å². The molecular weight excluding hydrogens is 253 g/mol. The molecule has 1 atom stereocenters. The number of thiazole rings is 1. The van der Waals surface area contributed by atoms with Gasteiger partial charge in [0.2, 0.25) is 0 Å². The number of hydrogen-bond acceptors (Lipinski definition) is 4. The van der Waals surface area contributed by atoms with Crippen molar-refractivity contribution in [2.75, 3.05) is 13.1 Å². The third-order valence-corrected chi connectivity index (χ3v) is 3.76. The topological polar surface area (TPSA) is 42.1 Å². The summed E-state index contributed by atoms with van der Waals surface area (Å²) in [7, 11) is 0. The Morgan fingerprint density at radius 1 is 1.67 bits per heavy atom. The van der Waals surface area contributed by atoms with E-state index in [1.165, 1.54) is 17.7 Å². The van der Waals surface area contributed by atoms with Crippen LogP contribution in [-0.2, 0) is 6.54 Å². The first-order valence-corrected chi connectivity index (χ1v) is 6.03. The first kappa shape index (κ1) is 13.2. The van der Waals surface area contributed by atoms with Crippen LogP contribution in [0.4, 0.5) is 0 Å². The molecule has 0 saturated carbocycles. The number of hydrogen-bond donors (Lipinski definition) is 1. The molecule has 15 heavy (non-hydrogen) atoms. The highest BCUT2D eigenvalue weighted by Crippen LogP contribution is 2.23. The van der Waals surface area contributed by atoms with Crippen molar-refractivity contribution in [1.82, 2.24) is 9.88 Å². The molecule has 0 amide bonds. The van der Waals surface area contributed by atoms with Crippen LogP contribution in [0.3, 0.4) is 0 Å². The molecule has 1 aliphatic heterocycles. The van der Waals surface area contributed by atoms with Crippen molar-refractivity contribution in [3.05, 3.63) is 15.5 Å². The Hall–Kier alpha value is 0.130. The monoisotopic (exact) mass is 267 g/mol. The Morgan fingerprint density at radius 3 is 3.07 bits per heavy atom. The van der Waals surface area contributed by atoms with E-state index < -0.39 is 0 Å². The van der Waals surface area contributed by atoms with E-state index in [0.717, 1.165) is 19.6 Å². The van der Waals surface area contributed by atoms with Gasteiger partial charge in [0, 0.05) is 30.2 Å². The molecule has 6 heteroatoms. The van der Waals surface area contributed by atoms with Gasteiger partial charge in [-0.05, 0) is 19.4 Å². The summed E-state index contributed by atoms with van der Waals surface area (Å²) in [6, 6.07) is 0.552. The van der Waals surface area contributed by atoms with Crippen LogP contribution in [0.5, 0.6) is 0 Å². The highest BCUT2D eigenvalue weighted by molar-refractivity contribution is 7.15. The lowest BCUT2D eigenvalue weighted by Crippen LogP contribution is -2.34. The minimum atomic E-state index is 0. The molecule has 0 bridgehead atoms. The first-order valence-electron chi connectivity index (χ1n) is 4.84. The van der Waals surface area contributed by atoms with E-state index in [2.05, 4.69) is 9.88 Å². The van der Waals surface area contributed by atoms with Gasteiger partial charge in [-0.15, -0.1) is 23.7 Å². The fraction of sp³-hybridized carbons (Fsp3) is 0.667. The summed E-state index contributed by atoms with van der Waals surface area (Å²) >= 11 is 7.34. The summed E-state index contributed by atoms with van der Waals surface area (Å²) in [6.45, 7) is 2.86. The van der Waals surface area contributed by atoms with Crippen LogP contribution in [0.15, 0.2) is 6.20 Å². The van der Waals surface area contributed by atoms with E-state index in [9.17, 15) is 0 Å². The number of nitrogens with zero attached hydrogens (tertiary/aromatic N) is 2. The van der Waals surface area contributed by atoms with Gasteiger partial charge in [0.05, 0.1) is 0 Å². The summed E-state index contributed by atoms with van der Waals surface area (Å²) in [5.74, 6) is 0. The van der Waals surface area contributed by atoms with Gasteiger partial charge in [-0.3, -0.25) is 4.90 Å². The summed E-state index contributed by atoms with van der Waals surface area (Å²) in [5.41, 5.74) is 5.70. The fourth-order valence-corrected chi connectivity index (χ4v) is 2.93. The average molecular weight is 268 g/mol. The van der Waals surface area contributed by atoms with Crippen LogP contribution < -0.4 is 5.73 Å². The highest BCUT2D eigenvalue weighted by atomic mass is 35.5. The van der Waals surface area contributed by atoms with Crippen molar-refractivity contribution >= 4 is 35.3 Å². The predicted molar refractivity (Wildman–Crippen MR) is 66.9 cm³/mol. The van der Waals surface area contributed by atoms with Gasteiger partial charge >= 0.3 is 0 Å². The van der Waals surface area contributed by atoms with Crippen molar-refractivity contribution in [2.24, 2.45) is 5.73 Å². The maximum atomic E-state index is 5.78. The van der Waals surface area contributed by atoms with Crippen LogP contribution in [0.1, 0.15) is 17.7 Å². The third-order valence-electron chi connectivity index (χ3n) is 2.66. The Morgan fingerprint density at radius 2 is 2.47 bits per heavy atom. The van der Waals surface area contributed by atoms with Gasteiger partial charge in [0.25, 0.3) is 0 Å². The molecule has 1 aromatic rings. The second-order valence-corrected chi connectivity index (χ2v) is 5.28. The molecule has 3 nitrogen and oxygen atoms in total. The van der Waals surface area contributed by atoms with E-state index in [4.69, 9.17) is 17.3 Å². The first-order chi connectivity index (χ1) is 6.79. The van der Waals surface area contributed by atoms with E-state index in [0.29, 0.717) is 10.5 Å². The summed E-state index contributed by atoms with van der Waals surface area (Å²) in [5, 5.41) is 0. The minimum absolute atomic E-state index is 0. The molecule has 1 aliphatic rings. The lowest BCUT2D eigenvalue weighted by molar-refractivity contribution is 0.252. The van der Waals surface area contributed by atoms with E-state index >= 15 is 0 Å². The van der Waals surface area contributed by atoms with Crippen molar-refractivity contribution in [3.8, 4) is 0 Å². The van der Waals surface area contributed by atoms with Gasteiger partial charge in [-0.25, -0.2) is 4.98 Å². The van der Waals surface area contributed by atoms with Crippen LogP contribution in [0, 0.1) is 0 Å². The van der Waals surface area contributed by atoms with Gasteiger partial charge in [-0.1, -0.05) is 11.6 Å². The second kappa shape index (κ2) is 6.01. The molecule has 2 N–H and O–H groups in total. The van der Waals surface area contributed by atoms with Gasteiger partial charge in [-0.2, -0.15) is 0 Å². The largest absolute Gasteiger partial charge is 0.329 e. The van der Waals surface area contributed by atoms with Crippen LogP contribution in [0.25, 0.3) is 0 Å². The zero-order chi connectivity index (χ0) is 9.97. The normalized spacial score (nSPS) is 21.6. The number of aromatic nitrogens is 1. The third kappa shape index (κ3) is 3.29. The smallest absolute Gasteiger partial charge is 0.183 e. The summed E-state index contributed by atoms with van der Waals surface area (Å²) in [6.07, 6.45) is 4.34. The molecule has 0 radical (unpaired) electrons. The maximum absolute atomic E-state index is 5.78. The van der Waals surface area contributed by atoms with E-state index in [1.807, 2.05) is 6.20 Å². The minimum Gasteiger partial charge on any atom is -0.329 e. The fourth-order valence-electron chi connectivity index (χ4n) is 1.93. The molecule has 86 valence electrons. The lowest BCUT2D eigenvalue weighted by Gasteiger charge is -2.21. The molecule has 1 unspecified atom stereocenters. The van der Waals surface area contributed by atoms with Crippen molar-refractivity contribution < 1.29 is 0 Å². The SMILES string of the molecule is Cl.NCC1CCCN1Cc1cnc(Cl)s1. The molecule has 1 aromatic heterocycles. The Bertz CT molecular complexity index is 305. The zero-order valence-corrected chi connectivity index (χ0v) is 10.7. The van der Waals surface area contributed by atoms with Crippen LogP contribution >= 0.6 is 35.3 Å². The Kier molecular flexibility index (Phi) is 5.29. The van der Waals surface area contributed by atoms with Gasteiger partial charge in [0.15, 0.2) is 4.47 Å². The summed E-state index contributed by atoms with van der Waals surface area (Å²) in [4.78, 5) is 7.69. The number of halogens is 2. The van der Waals surface area contributed by atoms with Crippen LogP contribution in [0.2, 0.25) is 4.47 Å². The number of nitrogens with two attached hydrogens (primary N) is 1. The van der Waals surface area contributed by atoms with Crippen molar-refractivity contribution in [3.63, 3.8) is 0 Å². The van der Waals surface area contributed by atoms with Crippen LogP contribution in [-0.4, -0.2) is 29.0 Å². The second-order valence-electron chi connectivity index (χ2n) is 3.58. The molecule has 1 fully saturated rings. The predicted octanol–water partition coefficient (Wildman–Crippen LogP) is 2.14. The van der Waals surface area contributed by atoms with E-state index in [-0.39, 0.29) is 12.4 Å². The molecule has 0 spiro atoms. The quantitative estimate of drug-likeness (QED) is 0.913. The Balaban J connectivity index is 0.00000112.